The maximum Gasteiger partial charge on any atom is 0.248 e. The topological polar surface area (TPSA) is 47.6 Å². The molecular formula is C19H18ClNO3. The fraction of sp³-hybridized carbons (Fsp3) is 0.211. The Labute approximate surface area is 146 Å². The van der Waals surface area contributed by atoms with Gasteiger partial charge in [-0.3, -0.25) is 4.79 Å². The van der Waals surface area contributed by atoms with Gasteiger partial charge in [0, 0.05) is 11.8 Å². The Bertz CT molecular complexity index is 814. The number of nitrogens with one attached hydrogen (secondary N) is 1. The SMILES string of the molecule is Cc1ccc(NC(=O)/C=C/c2cc(Cl)c3c(c2)OCCO3)c(C)c1. The number of carbonyl (C=O) groups excluding carboxylic acids is 1. The van der Waals surface area contributed by atoms with Gasteiger partial charge in [0.05, 0.1) is 5.02 Å². The fourth-order valence-corrected chi connectivity index (χ4v) is 2.80. The van der Waals surface area contributed by atoms with E-state index in [0.717, 1.165) is 22.4 Å². The Morgan fingerprint density at radius 2 is 1.96 bits per heavy atom. The zero-order chi connectivity index (χ0) is 17.1. The van der Waals surface area contributed by atoms with Crippen molar-refractivity contribution in [2.45, 2.75) is 13.8 Å². The van der Waals surface area contributed by atoms with Crippen LogP contribution in [-0.2, 0) is 4.79 Å². The van der Waals surface area contributed by atoms with Crippen LogP contribution in [0.15, 0.2) is 36.4 Å². The number of aryl methyl sites for hydroxylation is 2. The third-order valence-electron chi connectivity index (χ3n) is 3.69. The number of ether oxygens (including phenoxy) is 2. The summed E-state index contributed by atoms with van der Waals surface area (Å²) in [7, 11) is 0. The van der Waals surface area contributed by atoms with Crippen LogP contribution in [0.5, 0.6) is 11.5 Å². The maximum atomic E-state index is 12.1. The monoisotopic (exact) mass is 343 g/mol. The van der Waals surface area contributed by atoms with Crippen molar-refractivity contribution in [3.8, 4) is 11.5 Å². The van der Waals surface area contributed by atoms with Gasteiger partial charge in [-0.1, -0.05) is 29.3 Å². The minimum absolute atomic E-state index is 0.201. The van der Waals surface area contributed by atoms with Gasteiger partial charge in [0.25, 0.3) is 0 Å². The zero-order valence-corrected chi connectivity index (χ0v) is 14.3. The van der Waals surface area contributed by atoms with Crippen molar-refractivity contribution in [2.24, 2.45) is 0 Å². The molecule has 4 nitrogen and oxygen atoms in total. The first-order valence-electron chi connectivity index (χ1n) is 7.68. The second-order valence-corrected chi connectivity index (χ2v) is 6.08. The largest absolute Gasteiger partial charge is 0.486 e. The lowest BCUT2D eigenvalue weighted by molar-refractivity contribution is -0.111. The molecule has 124 valence electrons. The number of anilines is 1. The molecule has 3 rings (SSSR count). The quantitative estimate of drug-likeness (QED) is 0.841. The molecule has 2 aromatic rings. The van der Waals surface area contributed by atoms with Crippen molar-refractivity contribution in [1.82, 2.24) is 0 Å². The highest BCUT2D eigenvalue weighted by Crippen LogP contribution is 2.38. The molecule has 0 bridgehead atoms. The molecule has 1 N–H and O–H groups in total. The van der Waals surface area contributed by atoms with E-state index in [9.17, 15) is 4.79 Å². The summed E-state index contributed by atoms with van der Waals surface area (Å²) in [4.78, 5) is 12.1. The van der Waals surface area contributed by atoms with Gasteiger partial charge < -0.3 is 14.8 Å². The molecule has 0 fully saturated rings. The predicted octanol–water partition coefficient (Wildman–Crippen LogP) is 4.38. The highest BCUT2D eigenvalue weighted by Gasteiger charge is 2.16. The standard InChI is InChI=1S/C19H18ClNO3/c1-12-3-5-16(13(2)9-12)21-18(22)6-4-14-10-15(20)19-17(11-14)23-7-8-24-19/h3-6,9-11H,7-8H2,1-2H3,(H,21,22)/b6-4+. The van der Waals surface area contributed by atoms with Gasteiger partial charge in [-0.15, -0.1) is 0 Å². The summed E-state index contributed by atoms with van der Waals surface area (Å²) >= 11 is 6.19. The third kappa shape index (κ3) is 3.71. The molecule has 1 aliphatic rings. The molecule has 0 radical (unpaired) electrons. The van der Waals surface area contributed by atoms with E-state index in [0.29, 0.717) is 29.7 Å². The van der Waals surface area contributed by atoms with Gasteiger partial charge in [0.1, 0.15) is 13.2 Å². The lowest BCUT2D eigenvalue weighted by Crippen LogP contribution is -2.15. The average Bonchev–Trinajstić information content (AvgIpc) is 2.56. The first kappa shape index (κ1) is 16.4. The van der Waals surface area contributed by atoms with Crippen LogP contribution in [0.25, 0.3) is 6.08 Å². The molecule has 0 atom stereocenters. The van der Waals surface area contributed by atoms with Crippen LogP contribution in [0.4, 0.5) is 5.69 Å². The van der Waals surface area contributed by atoms with Gasteiger partial charge >= 0.3 is 0 Å². The van der Waals surface area contributed by atoms with E-state index in [1.807, 2.05) is 32.0 Å². The van der Waals surface area contributed by atoms with Crippen LogP contribution < -0.4 is 14.8 Å². The summed E-state index contributed by atoms with van der Waals surface area (Å²) in [5.41, 5.74) is 3.77. The predicted molar refractivity (Wildman–Crippen MR) is 96.0 cm³/mol. The normalized spacial score (nSPS) is 13.1. The molecule has 2 aromatic carbocycles. The molecule has 0 saturated heterocycles. The number of halogens is 1. The summed E-state index contributed by atoms with van der Waals surface area (Å²) in [5.74, 6) is 0.955. The number of fused-ring (bicyclic) bond motifs is 1. The van der Waals surface area contributed by atoms with Crippen LogP contribution in [0.2, 0.25) is 5.02 Å². The second-order valence-electron chi connectivity index (χ2n) is 5.67. The lowest BCUT2D eigenvalue weighted by atomic mass is 10.1. The molecule has 0 saturated carbocycles. The maximum absolute atomic E-state index is 12.1. The lowest BCUT2D eigenvalue weighted by Gasteiger charge is -2.19. The summed E-state index contributed by atoms with van der Waals surface area (Å²) in [6, 6.07) is 9.45. The van der Waals surface area contributed by atoms with E-state index in [1.54, 1.807) is 18.2 Å². The molecular weight excluding hydrogens is 326 g/mol. The molecule has 5 heteroatoms. The number of hydrogen-bond acceptors (Lipinski definition) is 3. The van der Waals surface area contributed by atoms with Crippen LogP contribution in [0, 0.1) is 13.8 Å². The van der Waals surface area contributed by atoms with Gasteiger partial charge in [-0.2, -0.15) is 0 Å². The highest BCUT2D eigenvalue weighted by atomic mass is 35.5. The molecule has 0 aromatic heterocycles. The second kappa shape index (κ2) is 6.97. The Hall–Kier alpha value is -2.46. The number of rotatable bonds is 3. The third-order valence-corrected chi connectivity index (χ3v) is 3.97. The van der Waals surface area contributed by atoms with E-state index >= 15 is 0 Å². The van der Waals surface area contributed by atoms with Gasteiger partial charge in [-0.05, 0) is 49.2 Å². The molecule has 1 amide bonds. The van der Waals surface area contributed by atoms with Crippen LogP contribution in [-0.4, -0.2) is 19.1 Å². The summed E-state index contributed by atoms with van der Waals surface area (Å²) in [6.45, 7) is 4.96. The van der Waals surface area contributed by atoms with Gasteiger partial charge in [0.2, 0.25) is 5.91 Å². The van der Waals surface area contributed by atoms with Crippen molar-refractivity contribution < 1.29 is 14.3 Å². The molecule has 1 aliphatic heterocycles. The first-order valence-corrected chi connectivity index (χ1v) is 8.06. The first-order chi connectivity index (χ1) is 11.5. The summed E-state index contributed by atoms with van der Waals surface area (Å²) in [6.07, 6.45) is 3.17. The smallest absolute Gasteiger partial charge is 0.248 e. The van der Waals surface area contributed by atoms with Crippen LogP contribution >= 0.6 is 11.6 Å². The van der Waals surface area contributed by atoms with E-state index < -0.39 is 0 Å². The summed E-state index contributed by atoms with van der Waals surface area (Å²) in [5, 5.41) is 3.34. The Morgan fingerprint density at radius 3 is 2.75 bits per heavy atom. The van der Waals surface area contributed by atoms with Crippen LogP contribution in [0.1, 0.15) is 16.7 Å². The number of carbonyl (C=O) groups is 1. The molecule has 0 unspecified atom stereocenters. The van der Waals surface area contributed by atoms with E-state index in [-0.39, 0.29) is 5.91 Å². The van der Waals surface area contributed by atoms with E-state index in [4.69, 9.17) is 21.1 Å². The Balaban J connectivity index is 1.73. The average molecular weight is 344 g/mol. The van der Waals surface area contributed by atoms with E-state index in [1.165, 1.54) is 6.08 Å². The highest BCUT2D eigenvalue weighted by molar-refractivity contribution is 6.32. The Kier molecular flexibility index (Phi) is 4.76. The number of hydrogen-bond donors (Lipinski definition) is 1. The molecule has 24 heavy (non-hydrogen) atoms. The van der Waals surface area contributed by atoms with Crippen molar-refractivity contribution >= 4 is 29.3 Å². The van der Waals surface area contributed by atoms with Crippen molar-refractivity contribution in [2.75, 3.05) is 18.5 Å². The van der Waals surface area contributed by atoms with Crippen molar-refractivity contribution in [1.29, 1.82) is 0 Å². The van der Waals surface area contributed by atoms with Gasteiger partial charge in [0.15, 0.2) is 11.5 Å². The number of amides is 1. The molecule has 0 aliphatic carbocycles. The minimum atomic E-state index is -0.201. The fourth-order valence-electron chi connectivity index (χ4n) is 2.53. The zero-order valence-electron chi connectivity index (χ0n) is 13.6. The molecule has 0 spiro atoms. The summed E-state index contributed by atoms with van der Waals surface area (Å²) < 4.78 is 11.0. The molecule has 1 heterocycles. The Morgan fingerprint density at radius 1 is 1.17 bits per heavy atom. The minimum Gasteiger partial charge on any atom is -0.486 e. The van der Waals surface area contributed by atoms with Gasteiger partial charge in [-0.25, -0.2) is 0 Å². The number of benzene rings is 2. The van der Waals surface area contributed by atoms with Crippen LogP contribution in [0.3, 0.4) is 0 Å². The van der Waals surface area contributed by atoms with E-state index in [2.05, 4.69) is 5.32 Å². The van der Waals surface area contributed by atoms with Crippen molar-refractivity contribution in [3.63, 3.8) is 0 Å². The van der Waals surface area contributed by atoms with Crippen molar-refractivity contribution in [3.05, 3.63) is 58.1 Å².